The predicted octanol–water partition coefficient (Wildman–Crippen LogP) is 5.78. The summed E-state index contributed by atoms with van der Waals surface area (Å²) in [5, 5.41) is 8.52. The number of aromatic nitrogens is 2. The summed E-state index contributed by atoms with van der Waals surface area (Å²) in [6.07, 6.45) is 3.01. The van der Waals surface area contributed by atoms with Gasteiger partial charge in [0, 0.05) is 27.3 Å². The summed E-state index contributed by atoms with van der Waals surface area (Å²) in [6, 6.07) is 21.9. The van der Waals surface area contributed by atoms with E-state index in [0.717, 1.165) is 30.4 Å². The van der Waals surface area contributed by atoms with Gasteiger partial charge in [0.15, 0.2) is 0 Å². The summed E-state index contributed by atoms with van der Waals surface area (Å²) in [4.78, 5) is 7.36. The van der Waals surface area contributed by atoms with Gasteiger partial charge in [0.2, 0.25) is 0 Å². The van der Waals surface area contributed by atoms with Crippen LogP contribution in [0.15, 0.2) is 76.7 Å². The zero-order valence-corrected chi connectivity index (χ0v) is 17.5. The maximum absolute atomic E-state index is 4.22. The van der Waals surface area contributed by atoms with Gasteiger partial charge in [-0.2, -0.15) is 5.10 Å². The van der Waals surface area contributed by atoms with E-state index in [1.807, 2.05) is 18.0 Å². The Morgan fingerprint density at radius 1 is 0.966 bits per heavy atom. The molecule has 5 heteroatoms. The van der Waals surface area contributed by atoms with Crippen LogP contribution >= 0.6 is 11.8 Å². The van der Waals surface area contributed by atoms with Crippen molar-refractivity contribution in [3.05, 3.63) is 66.9 Å². The average Bonchev–Trinajstić information content (AvgIpc) is 3.21. The summed E-state index contributed by atoms with van der Waals surface area (Å²) >= 11 is 1.86. The number of hydrogen-bond acceptors (Lipinski definition) is 4. The molecule has 1 N–H and O–H groups in total. The van der Waals surface area contributed by atoms with E-state index in [1.165, 1.54) is 32.3 Å². The summed E-state index contributed by atoms with van der Waals surface area (Å²) in [6.45, 7) is 2.10. The maximum atomic E-state index is 4.22. The zero-order valence-electron chi connectivity index (χ0n) is 16.7. The first kappa shape index (κ1) is 18.3. The molecule has 146 valence electrons. The Labute approximate surface area is 175 Å². The Morgan fingerprint density at radius 3 is 2.72 bits per heavy atom. The zero-order chi connectivity index (χ0) is 19.8. The van der Waals surface area contributed by atoms with Crippen LogP contribution in [-0.2, 0) is 0 Å². The molecule has 1 aliphatic rings. The fraction of sp³-hybridized carbons (Fsp3) is 0.208. The molecule has 0 radical (unpaired) electrons. The number of nitrogens with zero attached hydrogens (tertiary/aromatic N) is 3. The highest BCUT2D eigenvalue weighted by atomic mass is 32.2. The lowest BCUT2D eigenvalue weighted by molar-refractivity contribution is 0.402. The lowest BCUT2D eigenvalue weighted by Crippen LogP contribution is -2.25. The highest BCUT2D eigenvalue weighted by molar-refractivity contribution is 7.99. The van der Waals surface area contributed by atoms with Crippen molar-refractivity contribution in [2.24, 2.45) is 0 Å². The molecule has 0 saturated carbocycles. The molecule has 0 spiro atoms. The Balaban J connectivity index is 1.56. The van der Waals surface area contributed by atoms with E-state index in [4.69, 9.17) is 0 Å². The molecule has 0 bridgehead atoms. The van der Waals surface area contributed by atoms with E-state index < -0.39 is 0 Å². The number of benzene rings is 3. The predicted molar refractivity (Wildman–Crippen MR) is 122 cm³/mol. The lowest BCUT2D eigenvalue weighted by Gasteiger charge is -2.33. The van der Waals surface area contributed by atoms with Crippen molar-refractivity contribution in [2.75, 3.05) is 32.1 Å². The van der Waals surface area contributed by atoms with Crippen molar-refractivity contribution in [3.8, 4) is 11.1 Å². The quantitative estimate of drug-likeness (QED) is 0.460. The van der Waals surface area contributed by atoms with Crippen molar-refractivity contribution >= 4 is 34.0 Å². The second kappa shape index (κ2) is 7.58. The molecule has 4 aromatic rings. The number of aromatic amines is 1. The van der Waals surface area contributed by atoms with Gasteiger partial charge in [-0.15, -0.1) is 0 Å². The first-order valence-corrected chi connectivity index (χ1v) is 10.8. The van der Waals surface area contributed by atoms with Crippen LogP contribution in [0.1, 0.15) is 6.42 Å². The largest absolute Gasteiger partial charge is 0.340 e. The Kier molecular flexibility index (Phi) is 4.78. The van der Waals surface area contributed by atoms with Crippen LogP contribution < -0.4 is 4.90 Å². The summed E-state index contributed by atoms with van der Waals surface area (Å²) in [5.74, 6) is 0. The fourth-order valence-electron chi connectivity index (χ4n) is 4.00. The monoisotopic (exact) mass is 400 g/mol. The Morgan fingerprint density at radius 2 is 1.83 bits per heavy atom. The molecule has 4 nitrogen and oxygen atoms in total. The molecule has 1 aromatic heterocycles. The second-order valence-electron chi connectivity index (χ2n) is 7.70. The van der Waals surface area contributed by atoms with Crippen LogP contribution in [-0.4, -0.2) is 42.3 Å². The lowest BCUT2D eigenvalue weighted by atomic mass is 10.0. The third-order valence-electron chi connectivity index (χ3n) is 5.40. The molecular formula is C24H24N4S. The van der Waals surface area contributed by atoms with Crippen LogP contribution in [0.4, 0.5) is 11.4 Å². The first-order chi connectivity index (χ1) is 14.2. The second-order valence-corrected chi connectivity index (χ2v) is 8.78. The van der Waals surface area contributed by atoms with Gasteiger partial charge in [0.1, 0.15) is 0 Å². The molecule has 0 saturated heterocycles. The van der Waals surface area contributed by atoms with Gasteiger partial charge in [-0.1, -0.05) is 48.2 Å². The number of anilines is 2. The van der Waals surface area contributed by atoms with Crippen molar-refractivity contribution in [1.29, 1.82) is 0 Å². The number of rotatable bonds is 5. The van der Waals surface area contributed by atoms with Crippen LogP contribution in [0.5, 0.6) is 0 Å². The molecular weight excluding hydrogens is 376 g/mol. The van der Waals surface area contributed by atoms with Crippen LogP contribution in [0.2, 0.25) is 0 Å². The Hall–Kier alpha value is -2.76. The van der Waals surface area contributed by atoms with Gasteiger partial charge in [0.05, 0.1) is 23.1 Å². The van der Waals surface area contributed by atoms with E-state index >= 15 is 0 Å². The molecule has 0 amide bonds. The average molecular weight is 401 g/mol. The van der Waals surface area contributed by atoms with Crippen LogP contribution in [0.3, 0.4) is 0 Å². The van der Waals surface area contributed by atoms with Crippen molar-refractivity contribution < 1.29 is 0 Å². The number of H-pyrrole nitrogens is 1. The molecule has 0 atom stereocenters. The molecule has 29 heavy (non-hydrogen) atoms. The van der Waals surface area contributed by atoms with Gasteiger partial charge in [-0.3, -0.25) is 5.10 Å². The third kappa shape index (κ3) is 3.41. The number of fused-ring (bicyclic) bond motifs is 3. The molecule has 3 aromatic carbocycles. The van der Waals surface area contributed by atoms with Crippen molar-refractivity contribution in [1.82, 2.24) is 15.1 Å². The molecule has 0 unspecified atom stereocenters. The minimum atomic E-state index is 1.01. The molecule has 5 rings (SSSR count). The summed E-state index contributed by atoms with van der Waals surface area (Å²) < 4.78 is 0. The number of para-hydroxylation sites is 2. The molecule has 0 aliphatic carbocycles. The maximum Gasteiger partial charge on any atom is 0.0728 e. The van der Waals surface area contributed by atoms with E-state index in [-0.39, 0.29) is 0 Å². The SMILES string of the molecule is CN(C)CCCN1c2ccccc2Sc2cc(-c3cccc4cn[nH]c34)ccc21. The van der Waals surface area contributed by atoms with Gasteiger partial charge in [-0.05, 0) is 56.9 Å². The standard InChI is InChI=1S/C24H24N4S/c1-27(2)13-6-14-28-20-9-3-4-10-22(20)29-23-15-17(11-12-21(23)28)19-8-5-7-18-16-25-26-24(18)19/h3-5,7-12,15-16H,6,13-14H2,1-2H3,(H,25,26). The van der Waals surface area contributed by atoms with E-state index in [0.29, 0.717) is 0 Å². The van der Waals surface area contributed by atoms with Crippen molar-refractivity contribution in [2.45, 2.75) is 16.2 Å². The molecule has 2 heterocycles. The smallest absolute Gasteiger partial charge is 0.0728 e. The van der Waals surface area contributed by atoms with E-state index in [2.05, 4.69) is 94.8 Å². The van der Waals surface area contributed by atoms with Gasteiger partial charge < -0.3 is 9.80 Å². The fourth-order valence-corrected chi connectivity index (χ4v) is 5.13. The number of nitrogens with one attached hydrogen (secondary N) is 1. The minimum absolute atomic E-state index is 1.01. The van der Waals surface area contributed by atoms with Gasteiger partial charge in [-0.25, -0.2) is 0 Å². The minimum Gasteiger partial charge on any atom is -0.340 e. The van der Waals surface area contributed by atoms with Gasteiger partial charge >= 0.3 is 0 Å². The van der Waals surface area contributed by atoms with E-state index in [9.17, 15) is 0 Å². The van der Waals surface area contributed by atoms with Crippen LogP contribution in [0, 0.1) is 0 Å². The summed E-state index contributed by atoms with van der Waals surface area (Å²) in [5.41, 5.74) is 6.12. The third-order valence-corrected chi connectivity index (χ3v) is 6.51. The normalized spacial score (nSPS) is 13.0. The van der Waals surface area contributed by atoms with Gasteiger partial charge in [0.25, 0.3) is 0 Å². The molecule has 1 aliphatic heterocycles. The van der Waals surface area contributed by atoms with Crippen LogP contribution in [0.25, 0.3) is 22.0 Å². The topological polar surface area (TPSA) is 35.2 Å². The molecule has 0 fully saturated rings. The Bertz CT molecular complexity index is 1160. The highest BCUT2D eigenvalue weighted by Gasteiger charge is 2.23. The van der Waals surface area contributed by atoms with E-state index in [1.54, 1.807) is 0 Å². The first-order valence-electron chi connectivity index (χ1n) is 9.96. The van der Waals surface area contributed by atoms with Crippen molar-refractivity contribution in [3.63, 3.8) is 0 Å². The summed E-state index contributed by atoms with van der Waals surface area (Å²) in [7, 11) is 4.27. The highest BCUT2D eigenvalue weighted by Crippen LogP contribution is 2.49. The number of hydrogen-bond donors (Lipinski definition) is 1.